The van der Waals surface area contributed by atoms with Crippen LogP contribution in [0.1, 0.15) is 96.2 Å². The number of carboxylic acids is 1. The number of hydrogen-bond donors (Lipinski definition) is 3. The van der Waals surface area contributed by atoms with Crippen LogP contribution in [0.25, 0.3) is 10.9 Å². The van der Waals surface area contributed by atoms with E-state index >= 15 is 0 Å². The van der Waals surface area contributed by atoms with Crippen molar-refractivity contribution in [2.24, 2.45) is 5.92 Å². The zero-order chi connectivity index (χ0) is 27.3. The summed E-state index contributed by atoms with van der Waals surface area (Å²) in [6.07, 6.45) is 12.6. The summed E-state index contributed by atoms with van der Waals surface area (Å²) in [4.78, 5) is 19.2. The fourth-order valence-corrected chi connectivity index (χ4v) is 6.12. The number of anilines is 1. The van der Waals surface area contributed by atoms with Crippen molar-refractivity contribution in [2.45, 2.75) is 97.8 Å². The number of nitrogens with one attached hydrogen (secondary N) is 2. The Labute approximate surface area is 235 Å². The van der Waals surface area contributed by atoms with Gasteiger partial charge < -0.3 is 25.2 Å². The third-order valence-electron chi connectivity index (χ3n) is 8.05. The fourth-order valence-electron chi connectivity index (χ4n) is 5.82. The highest BCUT2D eigenvalue weighted by molar-refractivity contribution is 7.80. The minimum absolute atomic E-state index is 0.299. The Bertz CT molecular complexity index is 1020. The Morgan fingerprint density at radius 1 is 1.05 bits per heavy atom. The molecule has 1 unspecified atom stereocenters. The van der Waals surface area contributed by atoms with Crippen molar-refractivity contribution in [1.82, 2.24) is 14.8 Å². The van der Waals surface area contributed by atoms with Crippen LogP contribution in [-0.2, 0) is 17.6 Å². The molecule has 1 aromatic carbocycles. The second-order valence-corrected chi connectivity index (χ2v) is 11.4. The van der Waals surface area contributed by atoms with E-state index in [4.69, 9.17) is 17.3 Å². The maximum absolute atomic E-state index is 10.6. The van der Waals surface area contributed by atoms with E-state index in [0.29, 0.717) is 6.42 Å². The molecule has 0 fully saturated rings. The number of unbranched alkanes of at least 4 members (excludes halogenated alkanes) is 6. The lowest BCUT2D eigenvalue weighted by atomic mass is 9.86. The SMILES string of the molecule is CCCN(CCCCCCCCCC(=O)O)C(=S)Nc1ccc2[nH]c3c(c2c1)CC(CN(CC)CC)CC3. The number of carboxylic acid groups (broad SMARTS) is 1. The van der Waals surface area contributed by atoms with Crippen molar-refractivity contribution in [3.63, 3.8) is 0 Å². The van der Waals surface area contributed by atoms with E-state index in [9.17, 15) is 4.79 Å². The van der Waals surface area contributed by atoms with Crippen LogP contribution in [0.5, 0.6) is 0 Å². The van der Waals surface area contributed by atoms with Gasteiger partial charge in [0.2, 0.25) is 0 Å². The summed E-state index contributed by atoms with van der Waals surface area (Å²) in [5.41, 5.74) is 5.25. The number of thiocarbonyl (C=S) groups is 1. The van der Waals surface area contributed by atoms with E-state index in [0.717, 1.165) is 87.8 Å². The summed E-state index contributed by atoms with van der Waals surface area (Å²) in [5, 5.41) is 14.5. The summed E-state index contributed by atoms with van der Waals surface area (Å²) >= 11 is 5.86. The van der Waals surface area contributed by atoms with Crippen LogP contribution in [-0.4, -0.2) is 63.7 Å². The maximum atomic E-state index is 10.6. The minimum atomic E-state index is -0.683. The van der Waals surface area contributed by atoms with Crippen LogP contribution in [0, 0.1) is 5.92 Å². The molecule has 0 amide bonds. The lowest BCUT2D eigenvalue weighted by Crippen LogP contribution is -2.36. The van der Waals surface area contributed by atoms with Crippen molar-refractivity contribution in [2.75, 3.05) is 38.0 Å². The summed E-state index contributed by atoms with van der Waals surface area (Å²) in [5.74, 6) is 0.0429. The van der Waals surface area contributed by atoms with E-state index in [1.165, 1.54) is 54.4 Å². The van der Waals surface area contributed by atoms with Gasteiger partial charge in [-0.1, -0.05) is 52.9 Å². The molecule has 212 valence electrons. The van der Waals surface area contributed by atoms with E-state index < -0.39 is 5.97 Å². The molecule has 3 N–H and O–H groups in total. The Morgan fingerprint density at radius 2 is 1.76 bits per heavy atom. The van der Waals surface area contributed by atoms with Crippen LogP contribution < -0.4 is 5.32 Å². The number of benzene rings is 1. The standard InChI is InChI=1S/C31H50N4O2S/c1-4-19-35(20-13-11-9-7-8-10-12-14-30(36)37)31(38)32-25-16-18-29-27(22-25)26-21-24(15-17-28(26)33-29)23-34(5-2)6-3/h16,18,22,24,33H,4-15,17,19-21,23H2,1-3H3,(H,32,38)(H,36,37). The second-order valence-electron chi connectivity index (χ2n) is 11.0. The van der Waals surface area contributed by atoms with E-state index in [1.54, 1.807) is 0 Å². The highest BCUT2D eigenvalue weighted by Gasteiger charge is 2.24. The topological polar surface area (TPSA) is 71.6 Å². The van der Waals surface area contributed by atoms with Gasteiger partial charge >= 0.3 is 5.97 Å². The highest BCUT2D eigenvalue weighted by atomic mass is 32.1. The Balaban J connectivity index is 1.51. The molecule has 0 saturated carbocycles. The van der Waals surface area contributed by atoms with Crippen molar-refractivity contribution >= 4 is 39.9 Å². The van der Waals surface area contributed by atoms with Crippen molar-refractivity contribution < 1.29 is 9.90 Å². The van der Waals surface area contributed by atoms with Gasteiger partial charge in [-0.05, 0) is 93.5 Å². The number of carbonyl (C=O) groups is 1. The molecule has 0 aliphatic heterocycles. The van der Waals surface area contributed by atoms with Gasteiger partial charge in [0.1, 0.15) is 0 Å². The van der Waals surface area contributed by atoms with Crippen molar-refractivity contribution in [3.05, 3.63) is 29.5 Å². The van der Waals surface area contributed by atoms with Crippen LogP contribution in [0.2, 0.25) is 0 Å². The zero-order valence-electron chi connectivity index (χ0n) is 24.0. The van der Waals surface area contributed by atoms with Gasteiger partial charge in [-0.2, -0.15) is 0 Å². The van der Waals surface area contributed by atoms with Crippen molar-refractivity contribution in [1.29, 1.82) is 0 Å². The molecule has 0 radical (unpaired) electrons. The maximum Gasteiger partial charge on any atom is 0.303 e. The van der Waals surface area contributed by atoms with Gasteiger partial charge in [0.05, 0.1) is 0 Å². The fraction of sp³-hybridized carbons (Fsp3) is 0.677. The number of aromatic amines is 1. The normalized spacial score (nSPS) is 15.1. The lowest BCUT2D eigenvalue weighted by molar-refractivity contribution is -0.137. The predicted octanol–water partition coefficient (Wildman–Crippen LogP) is 7.23. The molecule has 1 heterocycles. The molecule has 3 rings (SSSR count). The van der Waals surface area contributed by atoms with Gasteiger partial charge in [0.15, 0.2) is 5.11 Å². The monoisotopic (exact) mass is 542 g/mol. The first-order valence-corrected chi connectivity index (χ1v) is 15.5. The number of hydrogen-bond acceptors (Lipinski definition) is 3. The number of fused-ring (bicyclic) bond motifs is 3. The van der Waals surface area contributed by atoms with Gasteiger partial charge in [-0.25, -0.2) is 0 Å². The molecular formula is C31H50N4O2S. The zero-order valence-corrected chi connectivity index (χ0v) is 24.8. The van der Waals surface area contributed by atoms with E-state index in [1.807, 2.05) is 0 Å². The molecule has 1 aromatic heterocycles. The van der Waals surface area contributed by atoms with Crippen LogP contribution in [0.15, 0.2) is 18.2 Å². The molecule has 0 spiro atoms. The first-order valence-electron chi connectivity index (χ1n) is 15.1. The molecule has 1 aliphatic carbocycles. The molecule has 0 bridgehead atoms. The van der Waals surface area contributed by atoms with Gasteiger partial charge in [-0.3, -0.25) is 4.79 Å². The van der Waals surface area contributed by atoms with Crippen LogP contribution in [0.4, 0.5) is 5.69 Å². The molecule has 6 nitrogen and oxygen atoms in total. The Morgan fingerprint density at radius 3 is 2.45 bits per heavy atom. The van der Waals surface area contributed by atoms with E-state index in [-0.39, 0.29) is 0 Å². The summed E-state index contributed by atoms with van der Waals surface area (Å²) in [6, 6.07) is 6.66. The molecule has 1 aliphatic rings. The first kappa shape index (κ1) is 30.4. The Kier molecular flexibility index (Phi) is 12.9. The summed E-state index contributed by atoms with van der Waals surface area (Å²) in [7, 11) is 0. The lowest BCUT2D eigenvalue weighted by Gasteiger charge is -2.28. The quantitative estimate of drug-likeness (QED) is 0.145. The number of H-pyrrole nitrogens is 1. The number of rotatable bonds is 17. The molecule has 0 saturated heterocycles. The molecule has 1 atom stereocenters. The number of nitrogens with zero attached hydrogens (tertiary/aromatic N) is 2. The molecular weight excluding hydrogens is 492 g/mol. The van der Waals surface area contributed by atoms with Crippen molar-refractivity contribution in [3.8, 4) is 0 Å². The van der Waals surface area contributed by atoms with Crippen LogP contribution >= 0.6 is 12.2 Å². The van der Waals surface area contributed by atoms with Gasteiger partial charge in [0, 0.05) is 48.3 Å². The summed E-state index contributed by atoms with van der Waals surface area (Å²) in [6.45, 7) is 12.1. The Hall–Kier alpha value is -2.12. The molecule has 7 heteroatoms. The first-order chi connectivity index (χ1) is 18.4. The average Bonchev–Trinajstić information content (AvgIpc) is 3.27. The second kappa shape index (κ2) is 16.1. The molecule has 2 aromatic rings. The third kappa shape index (κ3) is 9.26. The predicted molar refractivity (Wildman–Crippen MR) is 164 cm³/mol. The van der Waals surface area contributed by atoms with Gasteiger partial charge in [-0.15, -0.1) is 0 Å². The smallest absolute Gasteiger partial charge is 0.303 e. The number of aliphatic carboxylic acids is 1. The largest absolute Gasteiger partial charge is 0.481 e. The minimum Gasteiger partial charge on any atom is -0.481 e. The highest BCUT2D eigenvalue weighted by Crippen LogP contribution is 2.33. The van der Waals surface area contributed by atoms with Gasteiger partial charge in [0.25, 0.3) is 0 Å². The third-order valence-corrected chi connectivity index (χ3v) is 8.41. The molecule has 38 heavy (non-hydrogen) atoms. The average molecular weight is 543 g/mol. The number of aryl methyl sites for hydroxylation is 1. The van der Waals surface area contributed by atoms with Crippen LogP contribution in [0.3, 0.4) is 0 Å². The number of aromatic nitrogens is 1. The van der Waals surface area contributed by atoms with E-state index in [2.05, 4.69) is 59.1 Å². The summed E-state index contributed by atoms with van der Waals surface area (Å²) < 4.78 is 0.